The summed E-state index contributed by atoms with van der Waals surface area (Å²) in [5.41, 5.74) is 2.01. The van der Waals surface area contributed by atoms with E-state index in [0.29, 0.717) is 33.5 Å². The van der Waals surface area contributed by atoms with Crippen LogP contribution in [0.15, 0.2) is 54.2 Å². The number of amides is 2. The van der Waals surface area contributed by atoms with E-state index in [-0.39, 0.29) is 17.9 Å². The average Bonchev–Trinajstić information content (AvgIpc) is 2.99. The lowest BCUT2D eigenvalue weighted by Gasteiger charge is -2.32. The number of carbonyl (C=O) groups is 2. The number of hydrogen-bond donors (Lipinski definition) is 0. The second kappa shape index (κ2) is 8.75. The molecular weight excluding hydrogens is 412 g/mol. The summed E-state index contributed by atoms with van der Waals surface area (Å²) >= 11 is 6.36. The average molecular weight is 439 g/mol. The van der Waals surface area contributed by atoms with Crippen molar-refractivity contribution >= 4 is 34.7 Å². The van der Waals surface area contributed by atoms with Crippen molar-refractivity contribution in [1.29, 1.82) is 0 Å². The number of halogens is 1. The molecule has 2 aliphatic heterocycles. The normalized spacial score (nSPS) is 17.8. The van der Waals surface area contributed by atoms with Gasteiger partial charge in [0.15, 0.2) is 0 Å². The monoisotopic (exact) mass is 438 g/mol. The van der Waals surface area contributed by atoms with Crippen molar-refractivity contribution in [3.05, 3.63) is 64.8 Å². The van der Waals surface area contributed by atoms with Gasteiger partial charge in [-0.15, -0.1) is 0 Å². The smallest absolute Gasteiger partial charge is 0.282 e. The second-order valence-corrected chi connectivity index (χ2v) is 8.89. The summed E-state index contributed by atoms with van der Waals surface area (Å²) in [7, 11) is 0. The Bertz CT molecular complexity index is 1020. The molecule has 5 nitrogen and oxygen atoms in total. The fourth-order valence-electron chi connectivity index (χ4n) is 4.13. The quantitative estimate of drug-likeness (QED) is 0.606. The Balaban J connectivity index is 1.77. The first kappa shape index (κ1) is 21.4. The molecule has 162 valence electrons. The van der Waals surface area contributed by atoms with Gasteiger partial charge in [0.1, 0.15) is 11.4 Å². The number of hydrogen-bond acceptors (Lipinski definition) is 4. The number of rotatable bonds is 5. The van der Waals surface area contributed by atoms with Crippen LogP contribution in [0.1, 0.15) is 39.2 Å². The summed E-state index contributed by atoms with van der Waals surface area (Å²) in [4.78, 5) is 30.4. The molecule has 0 saturated carbocycles. The van der Waals surface area contributed by atoms with Crippen LogP contribution in [0.4, 0.5) is 5.69 Å². The van der Waals surface area contributed by atoms with E-state index in [9.17, 15) is 9.59 Å². The van der Waals surface area contributed by atoms with Gasteiger partial charge in [-0.25, -0.2) is 4.90 Å². The number of anilines is 1. The minimum atomic E-state index is -0.343. The molecule has 0 unspecified atom stereocenters. The standard InChI is InChI=1S/C25H27ClN2O3/c1-16(2)31-19-10-8-18(9-11-19)22-23(27-14-12-17(3)13-15-27)25(30)28(24(22)29)21-7-5-4-6-20(21)26/h4-11,16-17H,12-15H2,1-3H3. The van der Waals surface area contributed by atoms with Crippen molar-refractivity contribution in [2.24, 2.45) is 5.92 Å². The number of benzene rings is 2. The Morgan fingerprint density at radius 1 is 0.968 bits per heavy atom. The molecule has 0 bridgehead atoms. The molecular formula is C25H27ClN2O3. The van der Waals surface area contributed by atoms with Crippen LogP contribution in [0.5, 0.6) is 5.75 Å². The third-order valence-corrected chi connectivity index (χ3v) is 6.09. The summed E-state index contributed by atoms with van der Waals surface area (Å²) in [6.45, 7) is 7.66. The Labute approximate surface area is 188 Å². The number of carbonyl (C=O) groups excluding carboxylic acids is 2. The SMILES string of the molecule is CC1CCN(C2=C(c3ccc(OC(C)C)cc3)C(=O)N(c3ccccc3Cl)C2=O)CC1. The summed E-state index contributed by atoms with van der Waals surface area (Å²) in [5.74, 6) is 0.682. The first-order valence-corrected chi connectivity index (χ1v) is 11.1. The lowest BCUT2D eigenvalue weighted by atomic mass is 9.97. The van der Waals surface area contributed by atoms with Crippen molar-refractivity contribution in [1.82, 2.24) is 4.90 Å². The van der Waals surface area contributed by atoms with E-state index in [1.807, 2.05) is 38.1 Å². The van der Waals surface area contributed by atoms with E-state index in [4.69, 9.17) is 16.3 Å². The highest BCUT2D eigenvalue weighted by Gasteiger charge is 2.43. The van der Waals surface area contributed by atoms with Crippen LogP contribution in [0.3, 0.4) is 0 Å². The molecule has 0 aliphatic carbocycles. The highest BCUT2D eigenvalue weighted by molar-refractivity contribution is 6.47. The lowest BCUT2D eigenvalue weighted by molar-refractivity contribution is -0.120. The van der Waals surface area contributed by atoms with Crippen LogP contribution < -0.4 is 9.64 Å². The van der Waals surface area contributed by atoms with Gasteiger partial charge in [-0.05, 0) is 62.4 Å². The Morgan fingerprint density at radius 2 is 1.61 bits per heavy atom. The van der Waals surface area contributed by atoms with Gasteiger partial charge < -0.3 is 9.64 Å². The van der Waals surface area contributed by atoms with Crippen molar-refractivity contribution in [3.8, 4) is 5.75 Å². The van der Waals surface area contributed by atoms with Crippen LogP contribution in [0.2, 0.25) is 5.02 Å². The summed E-state index contributed by atoms with van der Waals surface area (Å²) < 4.78 is 5.73. The minimum Gasteiger partial charge on any atom is -0.491 e. The number of imide groups is 1. The molecule has 1 saturated heterocycles. The Kier molecular flexibility index (Phi) is 6.05. The molecule has 2 heterocycles. The van der Waals surface area contributed by atoms with Gasteiger partial charge in [-0.2, -0.15) is 0 Å². The second-order valence-electron chi connectivity index (χ2n) is 8.48. The third-order valence-electron chi connectivity index (χ3n) is 5.77. The zero-order valence-corrected chi connectivity index (χ0v) is 18.9. The fourth-order valence-corrected chi connectivity index (χ4v) is 4.35. The minimum absolute atomic E-state index is 0.0568. The van der Waals surface area contributed by atoms with Crippen LogP contribution >= 0.6 is 11.6 Å². The van der Waals surface area contributed by atoms with E-state index in [2.05, 4.69) is 11.8 Å². The van der Waals surface area contributed by atoms with E-state index in [1.165, 1.54) is 4.90 Å². The summed E-state index contributed by atoms with van der Waals surface area (Å²) in [6.07, 6.45) is 2.04. The largest absolute Gasteiger partial charge is 0.491 e. The molecule has 0 spiro atoms. The maximum absolute atomic E-state index is 13.6. The number of piperidine rings is 1. The Hall–Kier alpha value is -2.79. The van der Waals surface area contributed by atoms with Crippen molar-refractivity contribution in [2.45, 2.75) is 39.7 Å². The van der Waals surface area contributed by atoms with Crippen molar-refractivity contribution in [3.63, 3.8) is 0 Å². The highest BCUT2D eigenvalue weighted by atomic mass is 35.5. The lowest BCUT2D eigenvalue weighted by Crippen LogP contribution is -2.38. The van der Waals surface area contributed by atoms with Gasteiger partial charge >= 0.3 is 0 Å². The first-order chi connectivity index (χ1) is 14.9. The molecule has 31 heavy (non-hydrogen) atoms. The molecule has 0 atom stereocenters. The van der Waals surface area contributed by atoms with Crippen LogP contribution in [-0.2, 0) is 9.59 Å². The molecule has 2 aromatic carbocycles. The van der Waals surface area contributed by atoms with Gasteiger partial charge in [0.25, 0.3) is 11.8 Å². The maximum atomic E-state index is 13.6. The van der Waals surface area contributed by atoms with Gasteiger partial charge in [0, 0.05) is 13.1 Å². The van der Waals surface area contributed by atoms with E-state index in [1.54, 1.807) is 24.3 Å². The number of likely N-dealkylation sites (tertiary alicyclic amines) is 1. The molecule has 1 fully saturated rings. The van der Waals surface area contributed by atoms with Gasteiger partial charge in [-0.3, -0.25) is 9.59 Å². The van der Waals surface area contributed by atoms with Gasteiger partial charge in [0.2, 0.25) is 0 Å². The van der Waals surface area contributed by atoms with E-state index in [0.717, 1.165) is 31.7 Å². The maximum Gasteiger partial charge on any atom is 0.282 e. The first-order valence-electron chi connectivity index (χ1n) is 10.8. The predicted octanol–water partition coefficient (Wildman–Crippen LogP) is 5.14. The molecule has 0 aromatic heterocycles. The van der Waals surface area contributed by atoms with Crippen LogP contribution in [0.25, 0.3) is 5.57 Å². The zero-order chi connectivity index (χ0) is 22.1. The Morgan fingerprint density at radius 3 is 2.23 bits per heavy atom. The summed E-state index contributed by atoms with van der Waals surface area (Å²) in [6, 6.07) is 14.3. The molecule has 2 aliphatic rings. The van der Waals surface area contributed by atoms with Crippen molar-refractivity contribution < 1.29 is 14.3 Å². The predicted molar refractivity (Wildman–Crippen MR) is 123 cm³/mol. The van der Waals surface area contributed by atoms with Gasteiger partial charge in [0.05, 0.1) is 22.4 Å². The van der Waals surface area contributed by atoms with Crippen LogP contribution in [-0.4, -0.2) is 35.9 Å². The van der Waals surface area contributed by atoms with E-state index < -0.39 is 0 Å². The highest BCUT2D eigenvalue weighted by Crippen LogP contribution is 2.38. The topological polar surface area (TPSA) is 49.9 Å². The molecule has 2 aromatic rings. The van der Waals surface area contributed by atoms with E-state index >= 15 is 0 Å². The molecule has 0 radical (unpaired) electrons. The molecule has 6 heteroatoms. The number of ether oxygens (including phenoxy) is 1. The molecule has 4 rings (SSSR count). The summed E-state index contributed by atoms with van der Waals surface area (Å²) in [5, 5.41) is 0.373. The number of nitrogens with zero attached hydrogens (tertiary/aromatic N) is 2. The van der Waals surface area contributed by atoms with Crippen molar-refractivity contribution in [2.75, 3.05) is 18.0 Å². The number of para-hydroxylation sites is 1. The third kappa shape index (κ3) is 4.19. The van der Waals surface area contributed by atoms with Crippen LogP contribution in [0, 0.1) is 5.92 Å². The van der Waals surface area contributed by atoms with Gasteiger partial charge in [-0.1, -0.05) is 42.8 Å². The molecule has 0 N–H and O–H groups in total. The zero-order valence-electron chi connectivity index (χ0n) is 18.1. The fraction of sp³-hybridized carbons (Fsp3) is 0.360. The molecule has 2 amide bonds.